The first-order valence-electron chi connectivity index (χ1n) is 8.22. The summed E-state index contributed by atoms with van der Waals surface area (Å²) < 4.78 is 11.1. The van der Waals surface area contributed by atoms with Gasteiger partial charge in [-0.2, -0.15) is 5.10 Å². The third-order valence-corrected chi connectivity index (χ3v) is 3.61. The third-order valence-electron chi connectivity index (χ3n) is 3.32. The van der Waals surface area contributed by atoms with Gasteiger partial charge in [-0.25, -0.2) is 5.43 Å². The van der Waals surface area contributed by atoms with E-state index in [1.807, 2.05) is 13.8 Å². The molecule has 0 bridgehead atoms. The molecule has 2 aromatic rings. The van der Waals surface area contributed by atoms with E-state index in [4.69, 9.17) is 21.1 Å². The first-order valence-corrected chi connectivity index (χ1v) is 8.60. The van der Waals surface area contributed by atoms with Crippen LogP contribution in [0.3, 0.4) is 0 Å². The van der Waals surface area contributed by atoms with Crippen LogP contribution in [0, 0.1) is 0 Å². The number of hydrogen-bond donors (Lipinski definition) is 2. The molecular formula is C19H21ClN2O4. The molecule has 2 aromatic carbocycles. The van der Waals surface area contributed by atoms with Crippen molar-refractivity contribution in [3.63, 3.8) is 0 Å². The minimum absolute atomic E-state index is 0.157. The quantitative estimate of drug-likeness (QED) is 0.545. The number of halogens is 1. The van der Waals surface area contributed by atoms with Crippen molar-refractivity contribution < 1.29 is 19.4 Å². The lowest BCUT2D eigenvalue weighted by Crippen LogP contribution is -2.19. The monoisotopic (exact) mass is 376 g/mol. The van der Waals surface area contributed by atoms with E-state index in [0.717, 1.165) is 5.56 Å². The van der Waals surface area contributed by atoms with Gasteiger partial charge in [0.25, 0.3) is 0 Å². The summed E-state index contributed by atoms with van der Waals surface area (Å²) in [6, 6.07) is 9.85. The summed E-state index contributed by atoms with van der Waals surface area (Å²) in [7, 11) is 0. The number of carbonyl (C=O) groups excluding carboxylic acids is 1. The lowest BCUT2D eigenvalue weighted by molar-refractivity contribution is -0.120. The molecule has 0 aromatic heterocycles. The molecule has 2 rings (SSSR count). The minimum atomic E-state index is -0.269. The fourth-order valence-electron chi connectivity index (χ4n) is 2.23. The predicted molar refractivity (Wildman–Crippen MR) is 101 cm³/mol. The highest BCUT2D eigenvalue weighted by Crippen LogP contribution is 2.36. The molecule has 0 heterocycles. The first-order chi connectivity index (χ1) is 12.5. The van der Waals surface area contributed by atoms with Gasteiger partial charge in [0.05, 0.1) is 30.9 Å². The topological polar surface area (TPSA) is 80.2 Å². The Hall–Kier alpha value is -2.73. The van der Waals surface area contributed by atoms with Gasteiger partial charge in [0.15, 0.2) is 11.5 Å². The second kappa shape index (κ2) is 9.68. The van der Waals surface area contributed by atoms with Crippen molar-refractivity contribution in [2.45, 2.75) is 20.3 Å². The number of phenols is 1. The van der Waals surface area contributed by atoms with Crippen molar-refractivity contribution in [1.82, 2.24) is 5.43 Å². The van der Waals surface area contributed by atoms with E-state index in [1.54, 1.807) is 24.3 Å². The van der Waals surface area contributed by atoms with Gasteiger partial charge in [-0.05, 0) is 49.2 Å². The zero-order valence-electron chi connectivity index (χ0n) is 14.7. The molecule has 26 heavy (non-hydrogen) atoms. The third kappa shape index (κ3) is 5.67. The van der Waals surface area contributed by atoms with E-state index in [1.165, 1.54) is 18.3 Å². The average molecular weight is 377 g/mol. The number of aromatic hydroxyl groups is 1. The number of phenolic OH excluding ortho intramolecular Hbond substituents is 1. The van der Waals surface area contributed by atoms with Crippen molar-refractivity contribution >= 4 is 23.7 Å². The van der Waals surface area contributed by atoms with E-state index in [-0.39, 0.29) is 18.1 Å². The molecule has 0 saturated carbocycles. The van der Waals surface area contributed by atoms with Crippen LogP contribution in [0.4, 0.5) is 0 Å². The zero-order valence-corrected chi connectivity index (χ0v) is 15.4. The number of carbonyl (C=O) groups is 1. The molecule has 0 saturated heterocycles. The van der Waals surface area contributed by atoms with Gasteiger partial charge in [0.1, 0.15) is 5.75 Å². The van der Waals surface area contributed by atoms with Crippen molar-refractivity contribution in [2.75, 3.05) is 13.2 Å². The number of ether oxygens (including phenoxy) is 2. The molecule has 6 nitrogen and oxygen atoms in total. The molecule has 0 aliphatic carbocycles. The number of hydrazone groups is 1. The zero-order chi connectivity index (χ0) is 18.9. The Labute approximate surface area is 157 Å². The Morgan fingerprint density at radius 3 is 2.54 bits per heavy atom. The van der Waals surface area contributed by atoms with Crippen LogP contribution in [0.1, 0.15) is 25.0 Å². The summed E-state index contributed by atoms with van der Waals surface area (Å²) in [5.74, 6) is 0.905. The van der Waals surface area contributed by atoms with Crippen LogP contribution in [-0.2, 0) is 11.2 Å². The normalized spacial score (nSPS) is 10.7. The van der Waals surface area contributed by atoms with Crippen molar-refractivity contribution in [1.29, 1.82) is 0 Å². The van der Waals surface area contributed by atoms with Gasteiger partial charge in [0, 0.05) is 0 Å². The van der Waals surface area contributed by atoms with Gasteiger partial charge in [0.2, 0.25) is 5.91 Å². The number of amides is 1. The Morgan fingerprint density at radius 1 is 1.19 bits per heavy atom. The van der Waals surface area contributed by atoms with Crippen molar-refractivity contribution in [3.8, 4) is 17.2 Å². The van der Waals surface area contributed by atoms with Crippen LogP contribution in [0.25, 0.3) is 0 Å². The highest BCUT2D eigenvalue weighted by Gasteiger charge is 2.11. The average Bonchev–Trinajstić information content (AvgIpc) is 2.60. The molecule has 7 heteroatoms. The fourth-order valence-corrected chi connectivity index (χ4v) is 2.50. The van der Waals surface area contributed by atoms with Gasteiger partial charge >= 0.3 is 0 Å². The first kappa shape index (κ1) is 19.6. The lowest BCUT2D eigenvalue weighted by atomic mass is 10.1. The summed E-state index contributed by atoms with van der Waals surface area (Å²) in [6.45, 7) is 4.68. The maximum Gasteiger partial charge on any atom is 0.244 e. The van der Waals surface area contributed by atoms with E-state index < -0.39 is 0 Å². The molecule has 0 radical (unpaired) electrons. The number of nitrogens with one attached hydrogen (secondary N) is 1. The standard InChI is InChI=1S/C19H21ClN2O4/c1-3-25-17-10-14(9-16(20)19(17)26-4-2)12-21-22-18(24)11-13-5-7-15(23)8-6-13/h5-10,12,23H,3-4,11H2,1-2H3,(H,22,24)/b21-12-. The second-order valence-electron chi connectivity index (χ2n) is 5.33. The largest absolute Gasteiger partial charge is 0.508 e. The molecule has 0 aliphatic heterocycles. The fraction of sp³-hybridized carbons (Fsp3) is 0.263. The predicted octanol–water partition coefficient (Wildman–Crippen LogP) is 3.54. The molecule has 138 valence electrons. The molecule has 0 aliphatic rings. The number of benzene rings is 2. The number of rotatable bonds is 8. The lowest BCUT2D eigenvalue weighted by Gasteiger charge is -2.13. The van der Waals surface area contributed by atoms with Gasteiger partial charge in [-0.15, -0.1) is 0 Å². The minimum Gasteiger partial charge on any atom is -0.508 e. The van der Waals surface area contributed by atoms with E-state index in [0.29, 0.717) is 35.3 Å². The van der Waals surface area contributed by atoms with Gasteiger partial charge in [-0.1, -0.05) is 23.7 Å². The molecule has 0 atom stereocenters. The van der Waals surface area contributed by atoms with Crippen LogP contribution >= 0.6 is 11.6 Å². The summed E-state index contributed by atoms with van der Waals surface area (Å²) in [4.78, 5) is 11.9. The van der Waals surface area contributed by atoms with Crippen LogP contribution in [0.2, 0.25) is 5.02 Å². The molecule has 1 amide bonds. The molecule has 0 spiro atoms. The van der Waals surface area contributed by atoms with Gasteiger partial charge in [-0.3, -0.25) is 4.79 Å². The van der Waals surface area contributed by atoms with Gasteiger partial charge < -0.3 is 14.6 Å². The Bertz CT molecular complexity index is 776. The Morgan fingerprint density at radius 2 is 1.88 bits per heavy atom. The maximum atomic E-state index is 11.9. The highest BCUT2D eigenvalue weighted by molar-refractivity contribution is 6.32. The van der Waals surface area contributed by atoms with E-state index in [9.17, 15) is 9.90 Å². The molecule has 2 N–H and O–H groups in total. The Balaban J connectivity index is 2.02. The van der Waals surface area contributed by atoms with Crippen LogP contribution < -0.4 is 14.9 Å². The summed E-state index contributed by atoms with van der Waals surface area (Å²) >= 11 is 6.24. The SMILES string of the molecule is CCOc1cc(/C=N\NC(=O)Cc2ccc(O)cc2)cc(Cl)c1OCC. The molecular weight excluding hydrogens is 356 g/mol. The maximum absolute atomic E-state index is 11.9. The highest BCUT2D eigenvalue weighted by atomic mass is 35.5. The van der Waals surface area contributed by atoms with E-state index in [2.05, 4.69) is 10.5 Å². The van der Waals surface area contributed by atoms with Crippen LogP contribution in [-0.4, -0.2) is 30.4 Å². The summed E-state index contributed by atoms with van der Waals surface area (Å²) in [6.07, 6.45) is 1.64. The Kier molecular flexibility index (Phi) is 7.29. The second-order valence-corrected chi connectivity index (χ2v) is 5.74. The number of nitrogens with zero attached hydrogens (tertiary/aromatic N) is 1. The van der Waals surface area contributed by atoms with Crippen LogP contribution in [0.15, 0.2) is 41.5 Å². The summed E-state index contributed by atoms with van der Waals surface area (Å²) in [5, 5.41) is 13.6. The van der Waals surface area contributed by atoms with Crippen molar-refractivity contribution in [3.05, 3.63) is 52.5 Å². The van der Waals surface area contributed by atoms with E-state index >= 15 is 0 Å². The van der Waals surface area contributed by atoms with Crippen LogP contribution in [0.5, 0.6) is 17.2 Å². The number of hydrogen-bond acceptors (Lipinski definition) is 5. The summed E-state index contributed by atoms with van der Waals surface area (Å²) in [5.41, 5.74) is 3.91. The van der Waals surface area contributed by atoms with Crippen molar-refractivity contribution in [2.24, 2.45) is 5.10 Å². The molecule has 0 fully saturated rings. The smallest absolute Gasteiger partial charge is 0.244 e. The molecule has 0 unspecified atom stereocenters.